The molecule has 156 valence electrons. The van der Waals surface area contributed by atoms with E-state index in [0.717, 1.165) is 42.6 Å². The van der Waals surface area contributed by atoms with Crippen LogP contribution in [0, 0.1) is 0 Å². The first-order chi connectivity index (χ1) is 14.1. The number of urea groups is 1. The van der Waals surface area contributed by atoms with Crippen LogP contribution in [0.3, 0.4) is 0 Å². The van der Waals surface area contributed by atoms with Gasteiger partial charge in [0.2, 0.25) is 5.91 Å². The van der Waals surface area contributed by atoms with E-state index < -0.39 is 11.6 Å². The molecule has 0 saturated carbocycles. The highest BCUT2D eigenvalue weighted by Crippen LogP contribution is 2.34. The monoisotopic (exact) mass is 397 g/mol. The minimum Gasteiger partial charge on any atom is -0.354 e. The maximum absolute atomic E-state index is 13.3. The lowest BCUT2D eigenvalue weighted by atomic mass is 9.85. The number of carbonyl (C=O) groups is 3. The molecule has 1 aliphatic carbocycles. The molecule has 1 aliphatic heterocycles. The van der Waals surface area contributed by atoms with Crippen molar-refractivity contribution in [1.82, 2.24) is 15.5 Å². The molecule has 3 rings (SSSR count). The molecule has 2 N–H and O–H groups in total. The van der Waals surface area contributed by atoms with Gasteiger partial charge in [0.25, 0.3) is 5.91 Å². The van der Waals surface area contributed by atoms with Crippen molar-refractivity contribution in [2.45, 2.75) is 63.8 Å². The molecule has 1 heterocycles. The molecule has 2 aliphatic rings. The van der Waals surface area contributed by atoms with E-state index in [9.17, 15) is 14.4 Å². The van der Waals surface area contributed by atoms with Crippen molar-refractivity contribution < 1.29 is 14.4 Å². The van der Waals surface area contributed by atoms with Crippen LogP contribution in [0.1, 0.15) is 63.9 Å². The molecule has 1 aromatic carbocycles. The number of imide groups is 1. The standard InChI is InChI=1S/C23H31N3O3/c1-2-3-15-23(19-12-8-5-9-13-19)21(28)26(22(29)25-23)17-20(27)24-16-14-18-10-6-4-7-11-18/h5,8-10,12-13H,2-4,6-7,11,14-17H2,1H3,(H,24,27)(H,25,29). The third-order valence-electron chi connectivity index (χ3n) is 5.80. The smallest absolute Gasteiger partial charge is 0.325 e. The maximum Gasteiger partial charge on any atom is 0.325 e. The molecular formula is C23H31N3O3. The molecule has 0 radical (unpaired) electrons. The van der Waals surface area contributed by atoms with E-state index in [0.29, 0.717) is 13.0 Å². The zero-order valence-electron chi connectivity index (χ0n) is 17.2. The molecule has 1 unspecified atom stereocenters. The molecule has 4 amide bonds. The Hall–Kier alpha value is -2.63. The number of benzene rings is 1. The van der Waals surface area contributed by atoms with Crippen molar-refractivity contribution in [2.24, 2.45) is 0 Å². The minimum atomic E-state index is -1.08. The van der Waals surface area contributed by atoms with Gasteiger partial charge in [0.15, 0.2) is 0 Å². The summed E-state index contributed by atoms with van der Waals surface area (Å²) in [7, 11) is 0. The summed E-state index contributed by atoms with van der Waals surface area (Å²) in [6.07, 6.45) is 9.98. The molecular weight excluding hydrogens is 366 g/mol. The van der Waals surface area contributed by atoms with Crippen molar-refractivity contribution in [1.29, 1.82) is 0 Å². The highest BCUT2D eigenvalue weighted by Gasteiger charge is 2.52. The van der Waals surface area contributed by atoms with Crippen molar-refractivity contribution in [2.75, 3.05) is 13.1 Å². The predicted octanol–water partition coefficient (Wildman–Crippen LogP) is 3.63. The summed E-state index contributed by atoms with van der Waals surface area (Å²) in [6, 6.07) is 8.81. The molecule has 6 heteroatoms. The van der Waals surface area contributed by atoms with E-state index in [1.807, 2.05) is 37.3 Å². The fraction of sp³-hybridized carbons (Fsp3) is 0.522. The number of amides is 4. The molecule has 29 heavy (non-hydrogen) atoms. The number of carbonyl (C=O) groups excluding carboxylic acids is 3. The summed E-state index contributed by atoms with van der Waals surface area (Å²) < 4.78 is 0. The number of unbranched alkanes of at least 4 members (excludes halogenated alkanes) is 1. The molecule has 1 aromatic rings. The molecule has 1 atom stereocenters. The van der Waals surface area contributed by atoms with Gasteiger partial charge in [-0.3, -0.25) is 14.5 Å². The molecule has 0 spiro atoms. The second-order valence-corrected chi connectivity index (χ2v) is 7.90. The van der Waals surface area contributed by atoms with E-state index in [1.54, 1.807) is 0 Å². The second kappa shape index (κ2) is 9.72. The van der Waals surface area contributed by atoms with E-state index in [2.05, 4.69) is 16.7 Å². The number of hydrogen-bond donors (Lipinski definition) is 2. The molecule has 1 saturated heterocycles. The van der Waals surface area contributed by atoms with Gasteiger partial charge in [-0.2, -0.15) is 0 Å². The summed E-state index contributed by atoms with van der Waals surface area (Å²) in [6.45, 7) is 2.34. The third kappa shape index (κ3) is 4.86. The highest BCUT2D eigenvalue weighted by atomic mass is 16.2. The lowest BCUT2D eigenvalue weighted by Crippen LogP contribution is -2.45. The van der Waals surface area contributed by atoms with Crippen molar-refractivity contribution in [3.8, 4) is 0 Å². The average molecular weight is 398 g/mol. The topological polar surface area (TPSA) is 78.5 Å². The number of hydrogen-bond acceptors (Lipinski definition) is 3. The first kappa shape index (κ1) is 21.1. The minimum absolute atomic E-state index is 0.246. The van der Waals surface area contributed by atoms with Gasteiger partial charge in [-0.25, -0.2) is 4.79 Å². The van der Waals surface area contributed by atoms with Gasteiger partial charge in [0.1, 0.15) is 12.1 Å². The van der Waals surface area contributed by atoms with Gasteiger partial charge in [-0.15, -0.1) is 0 Å². The first-order valence-corrected chi connectivity index (χ1v) is 10.7. The Balaban J connectivity index is 1.63. The van der Waals surface area contributed by atoms with Crippen LogP contribution in [0.4, 0.5) is 4.79 Å². The lowest BCUT2D eigenvalue weighted by Gasteiger charge is -2.27. The summed E-state index contributed by atoms with van der Waals surface area (Å²) in [5.41, 5.74) is 1.06. The summed E-state index contributed by atoms with van der Waals surface area (Å²) >= 11 is 0. The van der Waals surface area contributed by atoms with Gasteiger partial charge in [0.05, 0.1) is 0 Å². The Morgan fingerprint density at radius 2 is 2.00 bits per heavy atom. The van der Waals surface area contributed by atoms with Crippen LogP contribution in [0.2, 0.25) is 0 Å². The lowest BCUT2D eigenvalue weighted by molar-refractivity contribution is -0.135. The van der Waals surface area contributed by atoms with Crippen molar-refractivity contribution in [3.05, 3.63) is 47.5 Å². The average Bonchev–Trinajstić information content (AvgIpc) is 2.99. The van der Waals surface area contributed by atoms with Crippen LogP contribution in [0.25, 0.3) is 0 Å². The summed E-state index contributed by atoms with van der Waals surface area (Å²) in [5, 5.41) is 5.73. The van der Waals surface area contributed by atoms with Gasteiger partial charge >= 0.3 is 6.03 Å². The second-order valence-electron chi connectivity index (χ2n) is 7.90. The van der Waals surface area contributed by atoms with E-state index in [1.165, 1.54) is 18.4 Å². The van der Waals surface area contributed by atoms with Crippen LogP contribution < -0.4 is 10.6 Å². The summed E-state index contributed by atoms with van der Waals surface area (Å²) in [5.74, 6) is -0.642. The largest absolute Gasteiger partial charge is 0.354 e. The highest BCUT2D eigenvalue weighted by molar-refractivity contribution is 6.09. The fourth-order valence-electron chi connectivity index (χ4n) is 4.14. The predicted molar refractivity (Wildman–Crippen MR) is 112 cm³/mol. The summed E-state index contributed by atoms with van der Waals surface area (Å²) in [4.78, 5) is 39.3. The molecule has 1 fully saturated rings. The number of nitrogens with one attached hydrogen (secondary N) is 2. The Bertz CT molecular complexity index is 775. The third-order valence-corrected chi connectivity index (χ3v) is 5.80. The van der Waals surface area contributed by atoms with Crippen LogP contribution in [0.5, 0.6) is 0 Å². The van der Waals surface area contributed by atoms with Crippen LogP contribution in [0.15, 0.2) is 42.0 Å². The van der Waals surface area contributed by atoms with Gasteiger partial charge < -0.3 is 10.6 Å². The van der Waals surface area contributed by atoms with Crippen LogP contribution in [-0.4, -0.2) is 35.8 Å². The van der Waals surface area contributed by atoms with E-state index in [4.69, 9.17) is 0 Å². The zero-order valence-corrected chi connectivity index (χ0v) is 17.2. The van der Waals surface area contributed by atoms with Crippen molar-refractivity contribution >= 4 is 17.8 Å². The van der Waals surface area contributed by atoms with Gasteiger partial charge in [-0.1, -0.05) is 61.7 Å². The molecule has 0 aromatic heterocycles. The SMILES string of the molecule is CCCCC1(c2ccccc2)NC(=O)N(CC(=O)NCCC2=CCCCC2)C1=O. The Morgan fingerprint density at radius 1 is 1.21 bits per heavy atom. The van der Waals surface area contributed by atoms with Gasteiger partial charge in [0, 0.05) is 6.54 Å². The maximum atomic E-state index is 13.3. The fourth-order valence-corrected chi connectivity index (χ4v) is 4.14. The Kier molecular flexibility index (Phi) is 7.07. The molecule has 0 bridgehead atoms. The quantitative estimate of drug-likeness (QED) is 0.493. The zero-order chi connectivity index (χ0) is 20.7. The number of rotatable bonds is 9. The first-order valence-electron chi connectivity index (χ1n) is 10.7. The van der Waals surface area contributed by atoms with Gasteiger partial charge in [-0.05, 0) is 44.1 Å². The molecule has 6 nitrogen and oxygen atoms in total. The van der Waals surface area contributed by atoms with E-state index >= 15 is 0 Å². The van der Waals surface area contributed by atoms with Crippen molar-refractivity contribution in [3.63, 3.8) is 0 Å². The van der Waals surface area contributed by atoms with Crippen LogP contribution >= 0.6 is 0 Å². The normalized spacial score (nSPS) is 21.7. The number of nitrogens with zero attached hydrogens (tertiary/aromatic N) is 1. The van der Waals surface area contributed by atoms with Crippen LogP contribution in [-0.2, 0) is 15.1 Å². The van der Waals surface area contributed by atoms with E-state index in [-0.39, 0.29) is 18.4 Å². The Labute approximate surface area is 172 Å². The number of allylic oxidation sites excluding steroid dienone is 1. The Morgan fingerprint density at radius 3 is 2.69 bits per heavy atom.